The van der Waals surface area contributed by atoms with Crippen molar-refractivity contribution in [2.45, 2.75) is 38.6 Å². The molecule has 3 heteroatoms. The van der Waals surface area contributed by atoms with E-state index in [0.29, 0.717) is 12.8 Å². The highest BCUT2D eigenvalue weighted by Gasteiger charge is 2.11. The van der Waals surface area contributed by atoms with Gasteiger partial charge in [-0.3, -0.25) is 4.79 Å². The first-order valence-electron chi connectivity index (χ1n) is 5.64. The molecule has 0 aliphatic heterocycles. The van der Waals surface area contributed by atoms with Gasteiger partial charge in [0.1, 0.15) is 5.78 Å². The van der Waals surface area contributed by atoms with Crippen LogP contribution in [0.3, 0.4) is 0 Å². The number of nitrogens with zero attached hydrogens (tertiary/aromatic N) is 1. The van der Waals surface area contributed by atoms with E-state index in [-0.39, 0.29) is 18.2 Å². The molecular weight excluding hydrogens is 202 g/mol. The predicted octanol–water partition coefficient (Wildman–Crippen LogP) is 3.12. The summed E-state index contributed by atoms with van der Waals surface area (Å²) >= 11 is 0. The minimum atomic E-state index is -0.344. The number of carbonyl (C=O) groups excluding carboxylic acids is 1. The van der Waals surface area contributed by atoms with Gasteiger partial charge in [-0.25, -0.2) is 0 Å². The molecule has 0 saturated heterocycles. The minimum absolute atomic E-state index is 0.121. The van der Waals surface area contributed by atoms with Crippen LogP contribution in [0.2, 0.25) is 0 Å². The van der Waals surface area contributed by atoms with Crippen molar-refractivity contribution in [3.8, 4) is 0 Å². The van der Waals surface area contributed by atoms with E-state index in [9.17, 15) is 9.70 Å². The first-order valence-corrected chi connectivity index (χ1v) is 5.64. The fourth-order valence-corrected chi connectivity index (χ4v) is 1.55. The second-order valence-corrected chi connectivity index (χ2v) is 3.90. The van der Waals surface area contributed by atoms with Gasteiger partial charge < -0.3 is 0 Å². The Morgan fingerprint density at radius 3 is 2.56 bits per heavy atom. The van der Waals surface area contributed by atoms with Gasteiger partial charge in [0.2, 0.25) is 0 Å². The molecule has 0 radical (unpaired) electrons. The smallest absolute Gasteiger partial charge is 0.135 e. The summed E-state index contributed by atoms with van der Waals surface area (Å²) in [5.41, 5.74) is 1.16. The van der Waals surface area contributed by atoms with Crippen molar-refractivity contribution in [2.24, 2.45) is 5.18 Å². The van der Waals surface area contributed by atoms with Gasteiger partial charge in [0.15, 0.2) is 0 Å². The summed E-state index contributed by atoms with van der Waals surface area (Å²) in [6.45, 7) is 1.87. The van der Waals surface area contributed by atoms with Crippen LogP contribution in [0.4, 0.5) is 0 Å². The molecule has 1 aromatic rings. The van der Waals surface area contributed by atoms with Gasteiger partial charge in [-0.1, -0.05) is 42.4 Å². The fourth-order valence-electron chi connectivity index (χ4n) is 1.55. The standard InChI is InChI=1S/C13H17NO2/c1-2-12(14-16)10-13(15)9-8-11-6-4-3-5-7-11/h3-7,12H,2,8-10H2,1H3. The molecule has 0 aromatic heterocycles. The summed E-state index contributed by atoms with van der Waals surface area (Å²) in [6.07, 6.45) is 2.17. The highest BCUT2D eigenvalue weighted by molar-refractivity contribution is 5.79. The molecule has 1 atom stereocenters. The van der Waals surface area contributed by atoms with E-state index in [2.05, 4.69) is 5.18 Å². The molecule has 0 heterocycles. The average Bonchev–Trinajstić information content (AvgIpc) is 2.34. The summed E-state index contributed by atoms with van der Waals surface area (Å²) in [5, 5.41) is 2.93. The van der Waals surface area contributed by atoms with E-state index >= 15 is 0 Å². The Hall–Kier alpha value is -1.51. The van der Waals surface area contributed by atoms with Crippen LogP contribution in [0, 0.1) is 4.91 Å². The van der Waals surface area contributed by atoms with Crippen LogP contribution >= 0.6 is 0 Å². The largest absolute Gasteiger partial charge is 0.300 e. The monoisotopic (exact) mass is 219 g/mol. The van der Waals surface area contributed by atoms with Crippen molar-refractivity contribution in [3.05, 3.63) is 40.8 Å². The van der Waals surface area contributed by atoms with Gasteiger partial charge >= 0.3 is 0 Å². The van der Waals surface area contributed by atoms with Crippen molar-refractivity contribution in [1.29, 1.82) is 0 Å². The van der Waals surface area contributed by atoms with Crippen LogP contribution in [0.5, 0.6) is 0 Å². The Labute approximate surface area is 95.8 Å². The zero-order valence-electron chi connectivity index (χ0n) is 9.56. The van der Waals surface area contributed by atoms with E-state index in [0.717, 1.165) is 12.0 Å². The number of carbonyl (C=O) groups is 1. The third kappa shape index (κ3) is 4.34. The average molecular weight is 219 g/mol. The zero-order valence-corrected chi connectivity index (χ0v) is 9.56. The Balaban J connectivity index is 2.33. The lowest BCUT2D eigenvalue weighted by atomic mass is 10.0. The first kappa shape index (κ1) is 12.6. The van der Waals surface area contributed by atoms with Crippen LogP contribution in [0.25, 0.3) is 0 Å². The molecule has 3 nitrogen and oxygen atoms in total. The molecule has 0 saturated carbocycles. The first-order chi connectivity index (χ1) is 7.76. The molecule has 16 heavy (non-hydrogen) atoms. The molecule has 0 spiro atoms. The third-order valence-electron chi connectivity index (χ3n) is 2.62. The molecule has 0 N–H and O–H groups in total. The minimum Gasteiger partial charge on any atom is -0.300 e. The summed E-state index contributed by atoms with van der Waals surface area (Å²) in [6, 6.07) is 9.53. The second-order valence-electron chi connectivity index (χ2n) is 3.90. The van der Waals surface area contributed by atoms with Gasteiger partial charge in [-0.05, 0) is 18.4 Å². The molecule has 1 aromatic carbocycles. The topological polar surface area (TPSA) is 46.5 Å². The van der Waals surface area contributed by atoms with Crippen LogP contribution < -0.4 is 0 Å². The number of benzene rings is 1. The lowest BCUT2D eigenvalue weighted by Gasteiger charge is -2.05. The SMILES string of the molecule is CCC(CC(=O)CCc1ccccc1)N=O. The molecule has 0 aliphatic carbocycles. The van der Waals surface area contributed by atoms with Gasteiger partial charge in [0, 0.05) is 12.8 Å². The Bertz CT molecular complexity index is 335. The van der Waals surface area contributed by atoms with Crippen LogP contribution in [-0.4, -0.2) is 11.8 Å². The highest BCUT2D eigenvalue weighted by atomic mass is 16.3. The fraction of sp³-hybridized carbons (Fsp3) is 0.462. The number of ketones is 1. The van der Waals surface area contributed by atoms with Crippen LogP contribution in [0.15, 0.2) is 35.5 Å². The molecule has 1 rings (SSSR count). The molecular formula is C13H17NO2. The van der Waals surface area contributed by atoms with Gasteiger partial charge in [-0.15, -0.1) is 0 Å². The summed E-state index contributed by atoms with van der Waals surface area (Å²) in [7, 11) is 0. The van der Waals surface area contributed by atoms with Crippen molar-refractivity contribution < 1.29 is 4.79 Å². The normalized spacial score (nSPS) is 12.1. The summed E-state index contributed by atoms with van der Waals surface area (Å²) in [4.78, 5) is 21.9. The van der Waals surface area contributed by atoms with E-state index in [4.69, 9.17) is 0 Å². The van der Waals surface area contributed by atoms with Crippen molar-refractivity contribution >= 4 is 5.78 Å². The maximum absolute atomic E-state index is 11.5. The Morgan fingerprint density at radius 1 is 1.31 bits per heavy atom. The van der Waals surface area contributed by atoms with Crippen molar-refractivity contribution in [1.82, 2.24) is 0 Å². The number of hydrogen-bond donors (Lipinski definition) is 0. The van der Waals surface area contributed by atoms with Crippen LogP contribution in [-0.2, 0) is 11.2 Å². The predicted molar refractivity (Wildman–Crippen MR) is 64.3 cm³/mol. The lowest BCUT2D eigenvalue weighted by Crippen LogP contribution is -2.10. The number of aryl methyl sites for hydroxylation is 1. The number of hydrogen-bond acceptors (Lipinski definition) is 3. The molecule has 0 bridgehead atoms. The number of Topliss-reactive ketones (excluding diaryl/α,β-unsaturated/α-hetero) is 1. The molecule has 1 unspecified atom stereocenters. The van der Waals surface area contributed by atoms with E-state index in [1.54, 1.807) is 0 Å². The second kappa shape index (κ2) is 6.88. The molecule has 0 fully saturated rings. The van der Waals surface area contributed by atoms with Crippen LogP contribution in [0.1, 0.15) is 31.7 Å². The van der Waals surface area contributed by atoms with E-state index in [1.807, 2.05) is 37.3 Å². The number of rotatable bonds is 7. The van der Waals surface area contributed by atoms with Gasteiger partial charge in [-0.2, -0.15) is 4.91 Å². The van der Waals surface area contributed by atoms with E-state index < -0.39 is 0 Å². The van der Waals surface area contributed by atoms with Gasteiger partial charge in [0.25, 0.3) is 0 Å². The number of nitroso groups, excluding NO2 is 1. The maximum atomic E-state index is 11.5. The maximum Gasteiger partial charge on any atom is 0.135 e. The molecule has 0 amide bonds. The Kier molecular flexibility index (Phi) is 5.40. The summed E-state index contributed by atoms with van der Waals surface area (Å²) < 4.78 is 0. The molecule has 0 aliphatic rings. The third-order valence-corrected chi connectivity index (χ3v) is 2.62. The highest BCUT2D eigenvalue weighted by Crippen LogP contribution is 2.08. The molecule has 86 valence electrons. The zero-order chi connectivity index (χ0) is 11.8. The van der Waals surface area contributed by atoms with Crippen molar-refractivity contribution in [2.75, 3.05) is 0 Å². The van der Waals surface area contributed by atoms with Gasteiger partial charge in [0.05, 0.1) is 6.04 Å². The quantitative estimate of drug-likeness (QED) is 0.661. The lowest BCUT2D eigenvalue weighted by molar-refractivity contribution is -0.119. The summed E-state index contributed by atoms with van der Waals surface area (Å²) in [5.74, 6) is 0.121. The van der Waals surface area contributed by atoms with E-state index in [1.165, 1.54) is 0 Å². The van der Waals surface area contributed by atoms with Crippen molar-refractivity contribution in [3.63, 3.8) is 0 Å². The Morgan fingerprint density at radius 2 is 2.00 bits per heavy atom.